The molecule has 0 atom stereocenters. The van der Waals surface area contributed by atoms with Crippen LogP contribution in [0.4, 0.5) is 18.9 Å². The quantitative estimate of drug-likeness (QED) is 0.726. The minimum Gasteiger partial charge on any atom is -0.506 e. The molecule has 2 nitrogen and oxygen atoms in total. The summed E-state index contributed by atoms with van der Waals surface area (Å²) in [5.41, 5.74) is -0.180. The van der Waals surface area contributed by atoms with Crippen molar-refractivity contribution in [3.63, 3.8) is 0 Å². The van der Waals surface area contributed by atoms with Crippen molar-refractivity contribution >= 4 is 35.1 Å². The van der Waals surface area contributed by atoms with Gasteiger partial charge >= 0.3 is 6.18 Å². The zero-order valence-corrected chi connectivity index (χ0v) is 11.8. The first-order chi connectivity index (χ1) is 9.77. The molecule has 0 saturated carbocycles. The zero-order valence-electron chi connectivity index (χ0n) is 10.3. The summed E-state index contributed by atoms with van der Waals surface area (Å²) in [5.74, 6) is -0.197. The van der Waals surface area contributed by atoms with Gasteiger partial charge in [0.15, 0.2) is 0 Å². The van der Waals surface area contributed by atoms with Crippen LogP contribution in [0.25, 0.3) is 0 Å². The van der Waals surface area contributed by atoms with Crippen LogP contribution in [0.1, 0.15) is 11.1 Å². The van der Waals surface area contributed by atoms with Gasteiger partial charge in [-0.05, 0) is 36.4 Å². The second-order valence-corrected chi connectivity index (χ2v) is 4.97. The number of hydrogen-bond donors (Lipinski definition) is 1. The van der Waals surface area contributed by atoms with Crippen LogP contribution in [-0.2, 0) is 6.18 Å². The fraction of sp³-hybridized carbons (Fsp3) is 0.0714. The topological polar surface area (TPSA) is 32.6 Å². The average molecular weight is 334 g/mol. The second-order valence-electron chi connectivity index (χ2n) is 4.13. The molecule has 0 aromatic heterocycles. The molecule has 0 aliphatic carbocycles. The summed E-state index contributed by atoms with van der Waals surface area (Å²) in [6, 6.07) is 7.12. The first-order valence-corrected chi connectivity index (χ1v) is 6.42. The van der Waals surface area contributed by atoms with Gasteiger partial charge in [0.25, 0.3) is 0 Å². The van der Waals surface area contributed by atoms with E-state index in [0.717, 1.165) is 12.1 Å². The smallest absolute Gasteiger partial charge is 0.416 e. The molecule has 110 valence electrons. The molecule has 0 unspecified atom stereocenters. The third kappa shape index (κ3) is 3.89. The Morgan fingerprint density at radius 1 is 1.05 bits per heavy atom. The molecule has 2 aromatic carbocycles. The van der Waals surface area contributed by atoms with Crippen LogP contribution in [-0.4, -0.2) is 11.3 Å². The van der Waals surface area contributed by atoms with Crippen molar-refractivity contribution < 1.29 is 18.3 Å². The van der Waals surface area contributed by atoms with Crippen LogP contribution in [0.2, 0.25) is 10.0 Å². The monoisotopic (exact) mass is 333 g/mol. The van der Waals surface area contributed by atoms with Crippen LogP contribution in [0.15, 0.2) is 41.4 Å². The largest absolute Gasteiger partial charge is 0.506 e. The van der Waals surface area contributed by atoms with Crippen LogP contribution < -0.4 is 0 Å². The van der Waals surface area contributed by atoms with E-state index in [2.05, 4.69) is 4.99 Å². The SMILES string of the molecule is Oc1c(Cl)cc(Cl)cc1C=Nc1ccc(C(F)(F)F)cc1. The van der Waals surface area contributed by atoms with Crippen molar-refractivity contribution in [3.05, 3.63) is 57.6 Å². The molecule has 0 bridgehead atoms. The van der Waals surface area contributed by atoms with E-state index >= 15 is 0 Å². The predicted octanol–water partition coefficient (Wildman–Crippen LogP) is 5.47. The summed E-state index contributed by atoms with van der Waals surface area (Å²) >= 11 is 11.5. The molecule has 2 rings (SSSR count). The number of aromatic hydroxyl groups is 1. The third-order valence-electron chi connectivity index (χ3n) is 2.60. The molecule has 0 spiro atoms. The maximum Gasteiger partial charge on any atom is 0.416 e. The number of nitrogens with zero attached hydrogens (tertiary/aromatic N) is 1. The number of rotatable bonds is 2. The van der Waals surface area contributed by atoms with Crippen molar-refractivity contribution in [2.75, 3.05) is 0 Å². The fourth-order valence-electron chi connectivity index (χ4n) is 1.56. The lowest BCUT2D eigenvalue weighted by Gasteiger charge is -2.06. The minimum absolute atomic E-state index is 0.0661. The fourth-order valence-corrected chi connectivity index (χ4v) is 2.07. The summed E-state index contributed by atoms with van der Waals surface area (Å²) in [4.78, 5) is 3.97. The van der Waals surface area contributed by atoms with E-state index in [9.17, 15) is 18.3 Å². The Morgan fingerprint density at radius 2 is 1.67 bits per heavy atom. The van der Waals surface area contributed by atoms with Crippen molar-refractivity contribution in [1.82, 2.24) is 0 Å². The highest BCUT2D eigenvalue weighted by molar-refractivity contribution is 6.36. The molecule has 0 aliphatic heterocycles. The number of alkyl halides is 3. The van der Waals surface area contributed by atoms with Crippen LogP contribution in [0.3, 0.4) is 0 Å². The average Bonchev–Trinajstić information content (AvgIpc) is 2.40. The van der Waals surface area contributed by atoms with Gasteiger partial charge in [-0.3, -0.25) is 4.99 Å². The predicted molar refractivity (Wildman–Crippen MR) is 76.8 cm³/mol. The molecule has 2 aromatic rings. The Bertz CT molecular complexity index is 682. The van der Waals surface area contributed by atoms with Crippen molar-refractivity contribution in [2.24, 2.45) is 4.99 Å². The molecule has 0 radical (unpaired) electrons. The molecular weight excluding hydrogens is 326 g/mol. The first kappa shape index (κ1) is 15.7. The van der Waals surface area contributed by atoms with Gasteiger partial charge in [-0.25, -0.2) is 0 Å². The maximum absolute atomic E-state index is 12.4. The summed E-state index contributed by atoms with van der Waals surface area (Å²) in [6.45, 7) is 0. The molecule has 0 heterocycles. The third-order valence-corrected chi connectivity index (χ3v) is 3.11. The molecule has 1 N–H and O–H groups in total. The molecule has 21 heavy (non-hydrogen) atoms. The number of phenolic OH excluding ortho intramolecular Hbond substituents is 1. The lowest BCUT2D eigenvalue weighted by Crippen LogP contribution is -2.03. The summed E-state index contributed by atoms with van der Waals surface area (Å²) in [5, 5.41) is 10.1. The van der Waals surface area contributed by atoms with Gasteiger partial charge in [0, 0.05) is 16.8 Å². The Kier molecular flexibility index (Phi) is 4.44. The molecule has 0 aliphatic rings. The number of halogens is 5. The summed E-state index contributed by atoms with van der Waals surface area (Å²) < 4.78 is 37.2. The van der Waals surface area contributed by atoms with Gasteiger partial charge in [0.05, 0.1) is 16.3 Å². The molecule has 7 heteroatoms. The van der Waals surface area contributed by atoms with Crippen LogP contribution in [0, 0.1) is 0 Å². The highest BCUT2D eigenvalue weighted by Crippen LogP contribution is 2.32. The Labute approximate surface area is 128 Å². The lowest BCUT2D eigenvalue weighted by molar-refractivity contribution is -0.137. The van der Waals surface area contributed by atoms with E-state index in [-0.39, 0.29) is 16.3 Å². The van der Waals surface area contributed by atoms with Crippen molar-refractivity contribution in [3.8, 4) is 5.75 Å². The van der Waals surface area contributed by atoms with E-state index in [4.69, 9.17) is 23.2 Å². The van der Waals surface area contributed by atoms with Gasteiger partial charge in [0.2, 0.25) is 0 Å². The molecule has 0 fully saturated rings. The number of aliphatic imine (C=N–C) groups is 1. The Morgan fingerprint density at radius 3 is 2.24 bits per heavy atom. The van der Waals surface area contributed by atoms with Crippen molar-refractivity contribution in [1.29, 1.82) is 0 Å². The van der Waals surface area contributed by atoms with Crippen LogP contribution >= 0.6 is 23.2 Å². The normalized spacial score (nSPS) is 12.0. The van der Waals surface area contributed by atoms with Gasteiger partial charge in [0.1, 0.15) is 5.75 Å². The summed E-state index contributed by atoms with van der Waals surface area (Å²) in [7, 11) is 0. The van der Waals surface area contributed by atoms with E-state index in [1.54, 1.807) is 0 Å². The Hall–Kier alpha value is -1.72. The van der Waals surface area contributed by atoms with Crippen LogP contribution in [0.5, 0.6) is 5.75 Å². The van der Waals surface area contributed by atoms with E-state index in [1.807, 2.05) is 0 Å². The molecule has 0 amide bonds. The summed E-state index contributed by atoms with van der Waals surface area (Å²) in [6.07, 6.45) is -3.11. The van der Waals surface area contributed by atoms with E-state index in [0.29, 0.717) is 10.7 Å². The van der Waals surface area contributed by atoms with Gasteiger partial charge < -0.3 is 5.11 Å². The molecule has 0 saturated heterocycles. The number of benzene rings is 2. The van der Waals surface area contributed by atoms with E-state index < -0.39 is 11.7 Å². The highest BCUT2D eigenvalue weighted by Gasteiger charge is 2.29. The van der Waals surface area contributed by atoms with E-state index in [1.165, 1.54) is 30.5 Å². The lowest BCUT2D eigenvalue weighted by atomic mass is 10.2. The van der Waals surface area contributed by atoms with Gasteiger partial charge in [-0.1, -0.05) is 23.2 Å². The van der Waals surface area contributed by atoms with Gasteiger partial charge in [-0.15, -0.1) is 0 Å². The highest BCUT2D eigenvalue weighted by atomic mass is 35.5. The minimum atomic E-state index is -4.39. The maximum atomic E-state index is 12.4. The number of hydrogen-bond acceptors (Lipinski definition) is 2. The van der Waals surface area contributed by atoms with Crippen molar-refractivity contribution in [2.45, 2.75) is 6.18 Å². The number of phenols is 1. The standard InChI is InChI=1S/C14H8Cl2F3NO/c15-10-5-8(13(21)12(16)6-10)7-20-11-3-1-9(2-4-11)14(17,18)19/h1-7,21H. The molecular formula is C14H8Cl2F3NO. The first-order valence-electron chi connectivity index (χ1n) is 5.67. The zero-order chi connectivity index (χ0) is 15.6. The van der Waals surface area contributed by atoms with Gasteiger partial charge in [-0.2, -0.15) is 13.2 Å². The Balaban J connectivity index is 2.26. The second kappa shape index (κ2) is 5.95.